The van der Waals surface area contributed by atoms with Crippen molar-refractivity contribution in [3.05, 3.63) is 50.7 Å². The summed E-state index contributed by atoms with van der Waals surface area (Å²) in [6.07, 6.45) is 1.45. The number of rotatable bonds is 3. The van der Waals surface area contributed by atoms with Gasteiger partial charge < -0.3 is 5.32 Å². The number of halogens is 1. The van der Waals surface area contributed by atoms with Gasteiger partial charge in [-0.1, -0.05) is 11.6 Å². The van der Waals surface area contributed by atoms with Crippen LogP contribution in [0.3, 0.4) is 0 Å². The van der Waals surface area contributed by atoms with Gasteiger partial charge in [-0.05, 0) is 19.1 Å². The van der Waals surface area contributed by atoms with Crippen molar-refractivity contribution >= 4 is 52.9 Å². The van der Waals surface area contributed by atoms with E-state index in [-0.39, 0.29) is 22.4 Å². The van der Waals surface area contributed by atoms with Crippen molar-refractivity contribution in [2.24, 2.45) is 21.0 Å². The minimum absolute atomic E-state index is 0.0217. The first-order chi connectivity index (χ1) is 14.2. The van der Waals surface area contributed by atoms with E-state index < -0.39 is 28.3 Å². The summed E-state index contributed by atoms with van der Waals surface area (Å²) in [4.78, 5) is 43.6. The van der Waals surface area contributed by atoms with Gasteiger partial charge in [0.25, 0.3) is 23.5 Å². The molecule has 0 saturated heterocycles. The van der Waals surface area contributed by atoms with E-state index >= 15 is 0 Å². The van der Waals surface area contributed by atoms with Gasteiger partial charge in [-0.25, -0.2) is 0 Å². The van der Waals surface area contributed by atoms with Crippen LogP contribution >= 0.6 is 11.6 Å². The number of carbonyl (C=O) groups is 2. The number of benzene rings is 1. The third-order valence-electron chi connectivity index (χ3n) is 4.36. The molecule has 1 atom stereocenters. The maximum absolute atomic E-state index is 12.7. The van der Waals surface area contributed by atoms with E-state index in [4.69, 9.17) is 11.6 Å². The van der Waals surface area contributed by atoms with Gasteiger partial charge >= 0.3 is 0 Å². The number of nitrogens with one attached hydrogen (secondary N) is 1. The zero-order valence-electron chi connectivity index (χ0n) is 15.6. The van der Waals surface area contributed by atoms with Gasteiger partial charge in [-0.3, -0.25) is 24.7 Å². The van der Waals surface area contributed by atoms with Crippen molar-refractivity contribution in [1.82, 2.24) is 14.8 Å². The largest absolute Gasteiger partial charge is 0.306 e. The Morgan fingerprint density at radius 3 is 2.80 bits per heavy atom. The number of anilines is 1. The summed E-state index contributed by atoms with van der Waals surface area (Å²) in [6.45, 7) is 1.69. The van der Waals surface area contributed by atoms with E-state index in [0.29, 0.717) is 11.5 Å². The number of aromatic nitrogens is 2. The molecule has 2 aromatic rings. The van der Waals surface area contributed by atoms with Crippen LogP contribution in [0.1, 0.15) is 16.1 Å². The maximum Gasteiger partial charge on any atom is 0.288 e. The summed E-state index contributed by atoms with van der Waals surface area (Å²) in [5, 5.41) is 23.3. The van der Waals surface area contributed by atoms with Crippen LogP contribution < -0.4 is 5.32 Å². The van der Waals surface area contributed by atoms with Crippen LogP contribution in [0.5, 0.6) is 0 Å². The zero-order valence-corrected chi connectivity index (χ0v) is 16.4. The van der Waals surface area contributed by atoms with Crippen LogP contribution in [-0.4, -0.2) is 56.6 Å². The van der Waals surface area contributed by atoms with Gasteiger partial charge in [0.1, 0.15) is 22.6 Å². The van der Waals surface area contributed by atoms with Gasteiger partial charge in [0.15, 0.2) is 0 Å². The Morgan fingerprint density at radius 2 is 2.07 bits per heavy atom. The number of aryl methyl sites for hydroxylation is 1. The van der Waals surface area contributed by atoms with Crippen molar-refractivity contribution in [3.63, 3.8) is 0 Å². The van der Waals surface area contributed by atoms with Crippen molar-refractivity contribution in [3.8, 4) is 0 Å². The standard InChI is InChI=1S/C17H13ClN8O4/c1-8-5-13(20-15(27)9-3-4-11(18)12(6-9)26(29)30)25(23-8)17-21-14-10(16(28)22-17)7-19-24(14)2/h3-7,10H,1-2H3,(H,20,27). The molecule has 30 heavy (non-hydrogen) atoms. The zero-order chi connectivity index (χ0) is 21.6. The lowest BCUT2D eigenvalue weighted by Gasteiger charge is -2.17. The Kier molecular flexibility index (Phi) is 4.62. The number of carbonyl (C=O) groups excluding carboxylic acids is 2. The average Bonchev–Trinajstić information content (AvgIpc) is 3.24. The first kappa shape index (κ1) is 19.4. The minimum Gasteiger partial charge on any atom is -0.306 e. The highest BCUT2D eigenvalue weighted by atomic mass is 35.5. The van der Waals surface area contributed by atoms with Crippen molar-refractivity contribution in [2.45, 2.75) is 6.92 Å². The Balaban J connectivity index is 1.66. The van der Waals surface area contributed by atoms with Crippen molar-refractivity contribution in [2.75, 3.05) is 12.4 Å². The first-order valence-corrected chi connectivity index (χ1v) is 8.93. The molecular weight excluding hydrogens is 416 g/mol. The van der Waals surface area contributed by atoms with Crippen LogP contribution in [-0.2, 0) is 4.79 Å². The molecule has 2 aliphatic heterocycles. The highest BCUT2D eigenvalue weighted by Crippen LogP contribution is 2.26. The predicted molar refractivity (Wildman–Crippen MR) is 108 cm³/mol. The molecule has 2 amide bonds. The second-order valence-electron chi connectivity index (χ2n) is 6.45. The van der Waals surface area contributed by atoms with E-state index in [9.17, 15) is 19.7 Å². The summed E-state index contributed by atoms with van der Waals surface area (Å²) >= 11 is 5.79. The summed E-state index contributed by atoms with van der Waals surface area (Å²) in [6, 6.07) is 5.25. The molecule has 3 heterocycles. The normalized spacial score (nSPS) is 17.5. The first-order valence-electron chi connectivity index (χ1n) is 8.56. The van der Waals surface area contributed by atoms with E-state index in [1.807, 2.05) is 0 Å². The number of nitrogens with zero attached hydrogens (tertiary/aromatic N) is 7. The fraction of sp³-hybridized carbons (Fsp3) is 0.176. The molecule has 0 fully saturated rings. The molecule has 12 nitrogen and oxygen atoms in total. The molecule has 4 rings (SSSR count). The van der Waals surface area contributed by atoms with Crippen LogP contribution in [0.2, 0.25) is 5.02 Å². The van der Waals surface area contributed by atoms with Crippen LogP contribution in [0.4, 0.5) is 11.5 Å². The number of hydrazone groups is 1. The Labute approximate surface area is 173 Å². The molecule has 13 heteroatoms. The van der Waals surface area contributed by atoms with E-state index in [1.165, 1.54) is 28.0 Å². The second-order valence-corrected chi connectivity index (χ2v) is 6.85. The lowest BCUT2D eigenvalue weighted by atomic mass is 10.1. The number of amidine groups is 1. The lowest BCUT2D eigenvalue weighted by Crippen LogP contribution is -2.35. The number of hydrogen-bond donors (Lipinski definition) is 1. The SMILES string of the molecule is Cc1cc(NC(=O)c2ccc(Cl)c([N+](=O)[O-])c2)n(C2=NC(=O)C3C=NN(C)C3=N2)n1. The van der Waals surface area contributed by atoms with Gasteiger partial charge in [-0.2, -0.15) is 24.9 Å². The van der Waals surface area contributed by atoms with E-state index in [2.05, 4.69) is 25.5 Å². The highest BCUT2D eigenvalue weighted by molar-refractivity contribution is 6.32. The Hall–Kier alpha value is -3.93. The van der Waals surface area contributed by atoms with Crippen LogP contribution in [0, 0.1) is 23.0 Å². The summed E-state index contributed by atoms with van der Waals surface area (Å²) in [5.41, 5.74) is 0.160. The highest BCUT2D eigenvalue weighted by Gasteiger charge is 2.35. The van der Waals surface area contributed by atoms with Crippen LogP contribution in [0.25, 0.3) is 0 Å². The quantitative estimate of drug-likeness (QED) is 0.581. The smallest absolute Gasteiger partial charge is 0.288 e. The van der Waals surface area contributed by atoms with E-state index in [1.54, 1.807) is 20.0 Å². The van der Waals surface area contributed by atoms with Crippen LogP contribution in [0.15, 0.2) is 39.4 Å². The molecule has 1 aromatic carbocycles. The molecule has 0 spiro atoms. The minimum atomic E-state index is -0.678. The number of hydrogen-bond acceptors (Lipinski definition) is 8. The van der Waals surface area contributed by atoms with Gasteiger partial charge in [0.05, 0.1) is 10.6 Å². The fourth-order valence-corrected chi connectivity index (χ4v) is 3.11. The molecule has 0 radical (unpaired) electrons. The van der Waals surface area contributed by atoms with Gasteiger partial charge in [0, 0.05) is 31.0 Å². The molecular formula is C17H13ClN8O4. The van der Waals surface area contributed by atoms with Crippen molar-refractivity contribution < 1.29 is 14.5 Å². The summed E-state index contributed by atoms with van der Waals surface area (Å²) < 4.78 is 1.21. The molecule has 1 unspecified atom stereocenters. The topological polar surface area (TPSA) is 147 Å². The number of fused-ring (bicyclic) bond motifs is 1. The Morgan fingerprint density at radius 1 is 1.30 bits per heavy atom. The monoisotopic (exact) mass is 428 g/mol. The number of nitro benzene ring substituents is 1. The molecule has 0 saturated carbocycles. The molecule has 0 bridgehead atoms. The van der Waals surface area contributed by atoms with Gasteiger partial charge in [0.2, 0.25) is 0 Å². The fourth-order valence-electron chi connectivity index (χ4n) is 2.92. The number of amides is 2. The van der Waals surface area contributed by atoms with Crippen molar-refractivity contribution in [1.29, 1.82) is 0 Å². The maximum atomic E-state index is 12.7. The molecule has 152 valence electrons. The third kappa shape index (κ3) is 3.33. The molecule has 1 N–H and O–H groups in total. The summed E-state index contributed by atoms with van der Waals surface area (Å²) in [5.74, 6) is -1.20. The predicted octanol–water partition coefficient (Wildman–Crippen LogP) is 1.70. The summed E-state index contributed by atoms with van der Waals surface area (Å²) in [7, 11) is 1.65. The van der Waals surface area contributed by atoms with Gasteiger partial charge in [-0.15, -0.1) is 0 Å². The molecule has 1 aromatic heterocycles. The second kappa shape index (κ2) is 7.15. The molecule has 2 aliphatic rings. The number of aliphatic imine (C=N–C) groups is 2. The Bertz CT molecular complexity index is 1200. The third-order valence-corrected chi connectivity index (χ3v) is 4.68. The molecule has 0 aliphatic carbocycles. The average molecular weight is 429 g/mol. The number of nitro groups is 1. The van der Waals surface area contributed by atoms with E-state index in [0.717, 1.165) is 6.07 Å². The lowest BCUT2D eigenvalue weighted by molar-refractivity contribution is -0.384.